The van der Waals surface area contributed by atoms with Gasteiger partial charge in [-0.2, -0.15) is 0 Å². The molecule has 1 heterocycles. The lowest BCUT2D eigenvalue weighted by Crippen LogP contribution is -1.91. The molecule has 0 unspecified atom stereocenters. The van der Waals surface area contributed by atoms with Gasteiger partial charge in [-0.15, -0.1) is 0 Å². The van der Waals surface area contributed by atoms with Crippen molar-refractivity contribution in [3.05, 3.63) is 78.5 Å². The molecule has 6 rings (SSSR count). The van der Waals surface area contributed by atoms with E-state index in [1.165, 1.54) is 54.0 Å². The van der Waals surface area contributed by atoms with Crippen LogP contribution in [0.25, 0.3) is 54.0 Å². The van der Waals surface area contributed by atoms with E-state index in [4.69, 9.17) is 4.98 Å². The molecule has 0 atom stereocenters. The van der Waals surface area contributed by atoms with E-state index in [0.29, 0.717) is 0 Å². The number of rotatable bonds is 0. The number of benzene rings is 5. The number of pyridine rings is 1. The van der Waals surface area contributed by atoms with Crippen LogP contribution >= 0.6 is 0 Å². The highest BCUT2D eigenvalue weighted by atomic mass is 14.6. The lowest BCUT2D eigenvalue weighted by molar-refractivity contribution is 1.43. The van der Waals surface area contributed by atoms with E-state index in [-0.39, 0.29) is 0 Å². The topological polar surface area (TPSA) is 12.9 Å². The Hall–Kier alpha value is -3.19. The summed E-state index contributed by atoms with van der Waals surface area (Å²) in [6, 6.07) is 24.3. The minimum Gasteiger partial charge on any atom is -0.256 e. The maximum Gasteiger partial charge on any atom is 0.0787 e. The average molecular weight is 317 g/mol. The van der Waals surface area contributed by atoms with Crippen LogP contribution in [-0.4, -0.2) is 4.98 Å². The van der Waals surface area contributed by atoms with Gasteiger partial charge in [0.1, 0.15) is 0 Å². The van der Waals surface area contributed by atoms with Crippen LogP contribution < -0.4 is 0 Å². The quantitative estimate of drug-likeness (QED) is 0.227. The van der Waals surface area contributed by atoms with E-state index in [1.54, 1.807) is 0 Å². The van der Waals surface area contributed by atoms with Gasteiger partial charge in [0, 0.05) is 22.4 Å². The van der Waals surface area contributed by atoms with E-state index in [1.807, 2.05) is 12.3 Å². The molecule has 0 aliphatic rings. The van der Waals surface area contributed by atoms with E-state index in [9.17, 15) is 0 Å². The first-order valence-electron chi connectivity index (χ1n) is 8.66. The highest BCUT2D eigenvalue weighted by Crippen LogP contribution is 2.44. The Labute approximate surface area is 144 Å². The van der Waals surface area contributed by atoms with Gasteiger partial charge in [0.05, 0.1) is 5.52 Å². The molecule has 0 saturated heterocycles. The fourth-order valence-corrected chi connectivity index (χ4v) is 4.52. The molecule has 1 aromatic heterocycles. The van der Waals surface area contributed by atoms with Crippen LogP contribution in [0.15, 0.2) is 72.9 Å². The molecule has 0 aliphatic heterocycles. The van der Waals surface area contributed by atoms with Crippen LogP contribution in [0.1, 0.15) is 5.56 Å². The summed E-state index contributed by atoms with van der Waals surface area (Å²) < 4.78 is 0. The first-order valence-corrected chi connectivity index (χ1v) is 8.66. The smallest absolute Gasteiger partial charge is 0.0787 e. The minimum absolute atomic E-state index is 1.10. The van der Waals surface area contributed by atoms with Crippen LogP contribution in [0, 0.1) is 6.92 Å². The second-order valence-electron chi connectivity index (χ2n) is 6.91. The predicted molar refractivity (Wildman–Crippen MR) is 108 cm³/mol. The van der Waals surface area contributed by atoms with Gasteiger partial charge >= 0.3 is 0 Å². The van der Waals surface area contributed by atoms with Gasteiger partial charge in [-0.1, -0.05) is 54.6 Å². The van der Waals surface area contributed by atoms with Gasteiger partial charge in [0.15, 0.2) is 0 Å². The van der Waals surface area contributed by atoms with Crippen molar-refractivity contribution in [1.29, 1.82) is 0 Å². The summed E-state index contributed by atoms with van der Waals surface area (Å²) in [5, 5.41) is 11.8. The Balaban J connectivity index is 2.15. The van der Waals surface area contributed by atoms with Crippen molar-refractivity contribution in [3.8, 4) is 0 Å². The molecule has 1 nitrogen and oxygen atoms in total. The fourth-order valence-electron chi connectivity index (χ4n) is 4.52. The molecule has 5 aromatic carbocycles. The summed E-state index contributed by atoms with van der Waals surface area (Å²) in [6.07, 6.45) is 1.90. The molecule has 0 amide bonds. The Morgan fingerprint density at radius 3 is 2.00 bits per heavy atom. The van der Waals surface area contributed by atoms with Gasteiger partial charge in [0.25, 0.3) is 0 Å². The number of hydrogen-bond donors (Lipinski definition) is 0. The molecule has 1 heteroatoms. The molecule has 0 radical (unpaired) electrons. The monoisotopic (exact) mass is 317 g/mol. The summed E-state index contributed by atoms with van der Waals surface area (Å²) in [6.45, 7) is 2.18. The molecule has 6 aromatic rings. The van der Waals surface area contributed by atoms with Gasteiger partial charge < -0.3 is 0 Å². The van der Waals surface area contributed by atoms with Crippen LogP contribution in [-0.2, 0) is 0 Å². The molecule has 0 saturated carbocycles. The third kappa shape index (κ3) is 1.56. The molecule has 116 valence electrons. The van der Waals surface area contributed by atoms with Crippen molar-refractivity contribution in [3.63, 3.8) is 0 Å². The standard InChI is InChI=1S/C24H15N/c1-14-12-20-16-7-3-2-6-15(16)17-8-4-9-18-19-10-5-11-25-24(19)21(13-14)23(20)22(17)18/h2-13H,1H3. The van der Waals surface area contributed by atoms with Crippen LogP contribution in [0.4, 0.5) is 0 Å². The number of fused-ring (bicyclic) bond motifs is 6. The largest absolute Gasteiger partial charge is 0.256 e. The van der Waals surface area contributed by atoms with Crippen LogP contribution in [0.2, 0.25) is 0 Å². The summed E-state index contributed by atoms with van der Waals surface area (Å²) >= 11 is 0. The molecule has 0 aliphatic carbocycles. The van der Waals surface area contributed by atoms with Gasteiger partial charge in [-0.3, -0.25) is 4.98 Å². The molecule has 25 heavy (non-hydrogen) atoms. The average Bonchev–Trinajstić information content (AvgIpc) is 2.67. The van der Waals surface area contributed by atoms with E-state index >= 15 is 0 Å². The Morgan fingerprint density at radius 1 is 0.560 bits per heavy atom. The first-order chi connectivity index (χ1) is 12.3. The van der Waals surface area contributed by atoms with E-state index in [2.05, 4.69) is 67.6 Å². The van der Waals surface area contributed by atoms with Crippen LogP contribution in [0.5, 0.6) is 0 Å². The summed E-state index contributed by atoms with van der Waals surface area (Å²) in [5.74, 6) is 0. The van der Waals surface area contributed by atoms with Gasteiger partial charge in [0.2, 0.25) is 0 Å². The number of aryl methyl sites for hydroxylation is 1. The third-order valence-corrected chi connectivity index (χ3v) is 5.46. The second-order valence-corrected chi connectivity index (χ2v) is 6.91. The fraction of sp³-hybridized carbons (Fsp3) is 0.0417. The van der Waals surface area contributed by atoms with Crippen molar-refractivity contribution in [2.24, 2.45) is 0 Å². The summed E-state index contributed by atoms with van der Waals surface area (Å²) in [7, 11) is 0. The maximum atomic E-state index is 4.75. The molecule has 0 spiro atoms. The Kier molecular flexibility index (Phi) is 2.34. The van der Waals surface area contributed by atoms with E-state index in [0.717, 1.165) is 5.52 Å². The lowest BCUT2D eigenvalue weighted by atomic mass is 9.86. The molecular weight excluding hydrogens is 302 g/mol. The Morgan fingerprint density at radius 2 is 1.16 bits per heavy atom. The van der Waals surface area contributed by atoms with Crippen molar-refractivity contribution in [2.75, 3.05) is 0 Å². The minimum atomic E-state index is 1.10. The van der Waals surface area contributed by atoms with Gasteiger partial charge in [-0.25, -0.2) is 0 Å². The zero-order chi connectivity index (χ0) is 16.5. The highest BCUT2D eigenvalue weighted by molar-refractivity contribution is 6.39. The molecular formula is C24H15N. The summed E-state index contributed by atoms with van der Waals surface area (Å²) in [4.78, 5) is 4.75. The number of nitrogens with zero attached hydrogens (tertiary/aromatic N) is 1. The number of hydrogen-bond acceptors (Lipinski definition) is 1. The Bertz CT molecular complexity index is 1340. The normalized spacial score (nSPS) is 12.2. The van der Waals surface area contributed by atoms with Crippen molar-refractivity contribution in [1.82, 2.24) is 4.98 Å². The van der Waals surface area contributed by atoms with Crippen molar-refractivity contribution < 1.29 is 0 Å². The van der Waals surface area contributed by atoms with Gasteiger partial charge in [-0.05, 0) is 56.9 Å². The van der Waals surface area contributed by atoms with Crippen molar-refractivity contribution in [2.45, 2.75) is 6.92 Å². The lowest BCUT2D eigenvalue weighted by Gasteiger charge is -2.17. The SMILES string of the molecule is Cc1cc2c3ccccc3c3cccc4c5cccnc5c(c1)c2c34. The first kappa shape index (κ1) is 13.1. The highest BCUT2D eigenvalue weighted by Gasteiger charge is 2.17. The van der Waals surface area contributed by atoms with E-state index < -0.39 is 0 Å². The van der Waals surface area contributed by atoms with Crippen molar-refractivity contribution >= 4 is 54.0 Å². The molecule has 0 bridgehead atoms. The second kappa shape index (κ2) is 4.46. The zero-order valence-corrected chi connectivity index (χ0v) is 13.9. The zero-order valence-electron chi connectivity index (χ0n) is 13.9. The number of aromatic nitrogens is 1. The maximum absolute atomic E-state index is 4.75. The molecule has 0 fully saturated rings. The molecule has 0 N–H and O–H groups in total. The third-order valence-electron chi connectivity index (χ3n) is 5.46. The summed E-state index contributed by atoms with van der Waals surface area (Å²) in [5.41, 5.74) is 2.38. The van der Waals surface area contributed by atoms with Crippen LogP contribution in [0.3, 0.4) is 0 Å². The predicted octanol–water partition coefficient (Wildman–Crippen LogP) is 6.59.